The molecule has 0 radical (unpaired) electrons. The molecule has 2 rings (SSSR count). The van der Waals surface area contributed by atoms with Crippen LogP contribution >= 0.6 is 11.3 Å². The van der Waals surface area contributed by atoms with E-state index in [1.165, 1.54) is 22.1 Å². The number of carbonyl (C=O) groups is 1. The molecular formula is C8H8N4O2S. The van der Waals surface area contributed by atoms with Gasteiger partial charge >= 0.3 is 5.97 Å². The molecule has 0 atom stereocenters. The molecule has 0 amide bonds. The Hall–Kier alpha value is -1.89. The van der Waals surface area contributed by atoms with Crippen LogP contribution in [0.25, 0.3) is 10.3 Å². The minimum absolute atomic E-state index is 0.151. The van der Waals surface area contributed by atoms with Crippen LogP contribution in [-0.2, 0) is 7.05 Å². The number of carboxylic acid groups (broad SMARTS) is 1. The average molecular weight is 224 g/mol. The minimum atomic E-state index is -1.02. The van der Waals surface area contributed by atoms with E-state index < -0.39 is 5.97 Å². The highest BCUT2D eigenvalue weighted by Crippen LogP contribution is 2.26. The van der Waals surface area contributed by atoms with Gasteiger partial charge in [0.2, 0.25) is 0 Å². The van der Waals surface area contributed by atoms with Gasteiger partial charge < -0.3 is 15.5 Å². The summed E-state index contributed by atoms with van der Waals surface area (Å²) in [6.07, 6.45) is 1.34. The van der Waals surface area contributed by atoms with Crippen LogP contribution in [-0.4, -0.2) is 26.8 Å². The number of nitrogens with zero attached hydrogens (tertiary/aromatic N) is 3. The van der Waals surface area contributed by atoms with E-state index >= 15 is 0 Å². The number of aromatic carboxylic acids is 1. The van der Waals surface area contributed by atoms with E-state index in [2.05, 4.69) is 10.1 Å². The highest BCUT2D eigenvalue weighted by Gasteiger charge is 2.20. The predicted octanol–water partition coefficient (Wildman–Crippen LogP) is 0.626. The first-order valence-corrected chi connectivity index (χ1v) is 4.93. The third-order valence-electron chi connectivity index (χ3n) is 2.11. The summed E-state index contributed by atoms with van der Waals surface area (Å²) < 4.78 is 2.30. The highest BCUT2D eigenvalue weighted by atomic mass is 32.1. The Bertz CT molecular complexity index is 554. The molecule has 0 spiro atoms. The summed E-state index contributed by atoms with van der Waals surface area (Å²) in [6.45, 7) is 0. The van der Waals surface area contributed by atoms with Gasteiger partial charge in [-0.1, -0.05) is 0 Å². The Labute approximate surface area is 88.6 Å². The molecule has 0 unspecified atom stereocenters. The molecule has 0 aliphatic heterocycles. The molecule has 7 heteroatoms. The van der Waals surface area contributed by atoms with Gasteiger partial charge in [0.25, 0.3) is 0 Å². The Morgan fingerprint density at radius 2 is 2.53 bits per heavy atom. The lowest BCUT2D eigenvalue weighted by atomic mass is 10.2. The van der Waals surface area contributed by atoms with Gasteiger partial charge in [0, 0.05) is 12.6 Å². The predicted molar refractivity (Wildman–Crippen MR) is 57.3 cm³/mol. The smallest absolute Gasteiger partial charge is 0.353 e. The number of aryl methyl sites for hydroxylation is 1. The van der Waals surface area contributed by atoms with Crippen molar-refractivity contribution < 1.29 is 9.90 Å². The first kappa shape index (κ1) is 9.66. The fraction of sp³-hybridized carbons (Fsp3) is 0.125. The van der Waals surface area contributed by atoms with Gasteiger partial charge in [0.05, 0.1) is 16.4 Å². The van der Waals surface area contributed by atoms with Gasteiger partial charge in [-0.2, -0.15) is 5.10 Å². The highest BCUT2D eigenvalue weighted by molar-refractivity contribution is 7.17. The first-order valence-electron chi connectivity index (χ1n) is 4.05. The van der Waals surface area contributed by atoms with Crippen molar-refractivity contribution in [2.24, 2.45) is 18.0 Å². The maximum absolute atomic E-state index is 11.0. The Balaban J connectivity index is 2.86. The minimum Gasteiger partial charge on any atom is -0.477 e. The molecule has 3 N–H and O–H groups in total. The number of fused-ring (bicyclic) bond motifs is 1. The van der Waals surface area contributed by atoms with Crippen molar-refractivity contribution in [2.75, 3.05) is 0 Å². The fourth-order valence-corrected chi connectivity index (χ4v) is 2.34. The zero-order valence-electron chi connectivity index (χ0n) is 7.84. The van der Waals surface area contributed by atoms with Gasteiger partial charge in [-0.05, 0) is 0 Å². The lowest BCUT2D eigenvalue weighted by molar-refractivity contribution is 0.0687. The second-order valence-corrected chi connectivity index (χ2v) is 3.76. The molecule has 0 bridgehead atoms. The molecule has 15 heavy (non-hydrogen) atoms. The van der Waals surface area contributed by atoms with E-state index in [9.17, 15) is 4.79 Å². The Morgan fingerprint density at radius 3 is 3.13 bits per heavy atom. The standard InChI is InChI=1S/C8H8N4O2S/c1-12-5(8(13)14)4(2-11-9)6-7(12)10-3-15-6/h2-3H,9H2,1H3,(H,13,14)/b11-2+. The van der Waals surface area contributed by atoms with E-state index in [1.807, 2.05) is 0 Å². The van der Waals surface area contributed by atoms with Crippen molar-refractivity contribution in [3.8, 4) is 0 Å². The topological polar surface area (TPSA) is 93.5 Å². The molecule has 0 aromatic carbocycles. The van der Waals surface area contributed by atoms with Crippen molar-refractivity contribution in [1.29, 1.82) is 0 Å². The maximum atomic E-state index is 11.0. The summed E-state index contributed by atoms with van der Waals surface area (Å²) in [6, 6.07) is 0. The van der Waals surface area contributed by atoms with Crippen molar-refractivity contribution in [1.82, 2.24) is 9.55 Å². The molecule has 2 aromatic rings. The summed E-state index contributed by atoms with van der Waals surface area (Å²) >= 11 is 1.36. The molecule has 6 nitrogen and oxygen atoms in total. The third kappa shape index (κ3) is 1.28. The first-order chi connectivity index (χ1) is 7.16. The molecule has 0 aliphatic rings. The van der Waals surface area contributed by atoms with Crippen LogP contribution in [0.4, 0.5) is 0 Å². The zero-order valence-corrected chi connectivity index (χ0v) is 8.65. The average Bonchev–Trinajstić information content (AvgIpc) is 2.71. The number of nitrogens with two attached hydrogens (primary N) is 1. The number of hydrogen-bond acceptors (Lipinski definition) is 5. The number of hydrogen-bond donors (Lipinski definition) is 2. The lowest BCUT2D eigenvalue weighted by Crippen LogP contribution is -2.07. The number of hydrazone groups is 1. The lowest BCUT2D eigenvalue weighted by Gasteiger charge is -1.97. The number of thiazole rings is 1. The Kier molecular flexibility index (Phi) is 2.16. The number of rotatable bonds is 2. The zero-order chi connectivity index (χ0) is 11.0. The van der Waals surface area contributed by atoms with Crippen LogP contribution in [0.15, 0.2) is 10.6 Å². The van der Waals surface area contributed by atoms with Gasteiger partial charge in [0.15, 0.2) is 5.65 Å². The summed E-state index contributed by atoms with van der Waals surface area (Å²) in [5.41, 5.74) is 2.94. The van der Waals surface area contributed by atoms with E-state index in [0.29, 0.717) is 11.2 Å². The van der Waals surface area contributed by atoms with Crippen LogP contribution in [0.2, 0.25) is 0 Å². The van der Waals surface area contributed by atoms with Crippen molar-refractivity contribution in [3.63, 3.8) is 0 Å². The molecule has 2 aromatic heterocycles. The van der Waals surface area contributed by atoms with Gasteiger partial charge in [0.1, 0.15) is 5.69 Å². The Morgan fingerprint density at radius 1 is 1.80 bits per heavy atom. The summed E-state index contributed by atoms with van der Waals surface area (Å²) in [4.78, 5) is 15.1. The van der Waals surface area contributed by atoms with Crippen LogP contribution in [0.3, 0.4) is 0 Å². The van der Waals surface area contributed by atoms with Crippen molar-refractivity contribution in [3.05, 3.63) is 16.8 Å². The van der Waals surface area contributed by atoms with Gasteiger partial charge in [-0.3, -0.25) is 0 Å². The van der Waals surface area contributed by atoms with Crippen molar-refractivity contribution >= 4 is 33.9 Å². The SMILES string of the molecule is Cn1c(C(=O)O)c(/C=N/N)c2scnc21. The van der Waals surface area contributed by atoms with E-state index in [0.717, 1.165) is 4.70 Å². The molecule has 0 fully saturated rings. The van der Waals surface area contributed by atoms with E-state index in [1.54, 1.807) is 12.6 Å². The van der Waals surface area contributed by atoms with Gasteiger partial charge in [-0.15, -0.1) is 11.3 Å². The fourth-order valence-electron chi connectivity index (χ4n) is 1.51. The third-order valence-corrected chi connectivity index (χ3v) is 2.96. The molecule has 0 aliphatic carbocycles. The monoisotopic (exact) mass is 224 g/mol. The summed E-state index contributed by atoms with van der Waals surface area (Å²) in [5.74, 6) is 4.03. The number of carboxylic acids is 1. The second-order valence-electron chi connectivity index (χ2n) is 2.91. The maximum Gasteiger partial charge on any atom is 0.353 e. The normalized spacial score (nSPS) is 11.5. The summed E-state index contributed by atoms with van der Waals surface area (Å²) in [7, 11) is 1.65. The second kappa shape index (κ2) is 3.35. The molecular weight excluding hydrogens is 216 g/mol. The van der Waals surface area contributed by atoms with E-state index in [-0.39, 0.29) is 5.69 Å². The molecule has 78 valence electrons. The van der Waals surface area contributed by atoms with Crippen LogP contribution in [0.1, 0.15) is 16.1 Å². The number of aromatic nitrogens is 2. The van der Waals surface area contributed by atoms with Crippen molar-refractivity contribution in [2.45, 2.75) is 0 Å². The molecule has 0 saturated carbocycles. The van der Waals surface area contributed by atoms with Gasteiger partial charge in [-0.25, -0.2) is 9.78 Å². The van der Waals surface area contributed by atoms with Crippen LogP contribution in [0.5, 0.6) is 0 Å². The molecule has 2 heterocycles. The van der Waals surface area contributed by atoms with Crippen LogP contribution in [0, 0.1) is 0 Å². The largest absolute Gasteiger partial charge is 0.477 e. The van der Waals surface area contributed by atoms with Crippen LogP contribution < -0.4 is 5.84 Å². The van der Waals surface area contributed by atoms with E-state index in [4.69, 9.17) is 10.9 Å². The quantitative estimate of drug-likeness (QED) is 0.444. The molecule has 0 saturated heterocycles. The summed E-state index contributed by atoms with van der Waals surface area (Å²) in [5, 5.41) is 12.4.